The third kappa shape index (κ3) is 5.58. The lowest BCUT2D eigenvalue weighted by Crippen LogP contribution is -2.71. The molecule has 0 amide bonds. The Morgan fingerprint density at radius 3 is 2.22 bits per heavy atom. The van der Waals surface area contributed by atoms with Gasteiger partial charge in [0.2, 0.25) is 10.0 Å². The summed E-state index contributed by atoms with van der Waals surface area (Å²) in [6.07, 6.45) is 17.5. The van der Waals surface area contributed by atoms with E-state index in [9.17, 15) is 8.42 Å². The molecule has 0 aromatic heterocycles. The molecule has 0 aromatic rings. The van der Waals surface area contributed by atoms with Crippen molar-refractivity contribution in [2.24, 2.45) is 35.5 Å². The zero-order valence-electron chi connectivity index (χ0n) is 23.5. The van der Waals surface area contributed by atoms with E-state index in [1.54, 1.807) is 0 Å². The minimum absolute atomic E-state index is 0.166. The summed E-state index contributed by atoms with van der Waals surface area (Å²) in [6.45, 7) is 7.98. The number of rotatable bonds is 6. The van der Waals surface area contributed by atoms with Crippen molar-refractivity contribution in [2.75, 3.05) is 33.4 Å². The highest BCUT2D eigenvalue weighted by Crippen LogP contribution is 2.49. The van der Waals surface area contributed by atoms with Gasteiger partial charge in [0.1, 0.15) is 0 Å². The number of sulfonamides is 1. The van der Waals surface area contributed by atoms with Crippen LogP contribution in [0.3, 0.4) is 0 Å². The van der Waals surface area contributed by atoms with Crippen LogP contribution in [-0.2, 0) is 14.8 Å². The van der Waals surface area contributed by atoms with Gasteiger partial charge < -0.3 is 4.74 Å². The van der Waals surface area contributed by atoms with Crippen LogP contribution >= 0.6 is 0 Å². The molecule has 5 nitrogen and oxygen atoms in total. The Morgan fingerprint density at radius 1 is 0.778 bits per heavy atom. The van der Waals surface area contributed by atoms with Gasteiger partial charge >= 0.3 is 0 Å². The molecule has 0 aromatic carbocycles. The molecule has 0 N–H and O–H groups in total. The molecule has 5 fully saturated rings. The van der Waals surface area contributed by atoms with Crippen molar-refractivity contribution in [1.82, 2.24) is 9.21 Å². The van der Waals surface area contributed by atoms with Crippen molar-refractivity contribution in [3.05, 3.63) is 0 Å². The van der Waals surface area contributed by atoms with Gasteiger partial charge in [-0.15, -0.1) is 0 Å². The normalized spacial score (nSPS) is 43.7. The van der Waals surface area contributed by atoms with Gasteiger partial charge in [-0.2, -0.15) is 0 Å². The molecule has 0 bridgehead atoms. The fourth-order valence-electron chi connectivity index (χ4n) is 9.35. The van der Waals surface area contributed by atoms with Crippen molar-refractivity contribution >= 4 is 10.0 Å². The van der Waals surface area contributed by atoms with Gasteiger partial charge in [0.25, 0.3) is 0 Å². The Kier molecular flexibility index (Phi) is 9.07. The first kappa shape index (κ1) is 27.4. The van der Waals surface area contributed by atoms with E-state index in [0.29, 0.717) is 23.9 Å². The van der Waals surface area contributed by atoms with Crippen LogP contribution in [-0.4, -0.2) is 68.3 Å². The van der Waals surface area contributed by atoms with Gasteiger partial charge in [0.15, 0.2) is 0 Å². The van der Waals surface area contributed by atoms with Crippen molar-refractivity contribution < 1.29 is 13.2 Å². The first-order valence-corrected chi connectivity index (χ1v) is 17.1. The largest absolute Gasteiger partial charge is 0.383 e. The van der Waals surface area contributed by atoms with Gasteiger partial charge in [-0.3, -0.25) is 4.90 Å². The quantitative estimate of drug-likeness (QED) is 0.433. The van der Waals surface area contributed by atoms with Crippen molar-refractivity contribution in [2.45, 2.75) is 121 Å². The molecular weight excluding hydrogens is 468 g/mol. The highest BCUT2D eigenvalue weighted by molar-refractivity contribution is 7.89. The summed E-state index contributed by atoms with van der Waals surface area (Å²) >= 11 is 0. The highest BCUT2D eigenvalue weighted by atomic mass is 32.2. The number of hydrogen-bond donors (Lipinski definition) is 0. The molecular formula is C30H54N2O3S. The Labute approximate surface area is 222 Å². The maximum Gasteiger partial charge on any atom is 0.217 e. The molecule has 2 saturated heterocycles. The summed E-state index contributed by atoms with van der Waals surface area (Å²) in [5, 5.41) is -0.166. The van der Waals surface area contributed by atoms with Gasteiger partial charge in [0, 0.05) is 32.3 Å². The molecule has 3 saturated carbocycles. The molecule has 36 heavy (non-hydrogen) atoms. The first-order chi connectivity index (χ1) is 17.4. The second-order valence-corrected chi connectivity index (χ2v) is 15.7. The number of ether oxygens (including phenoxy) is 1. The Balaban J connectivity index is 1.28. The fraction of sp³-hybridized carbons (Fsp3) is 1.00. The Hall–Kier alpha value is -0.170. The number of fused-ring (bicyclic) bond motifs is 1. The molecule has 2 heterocycles. The first-order valence-electron chi connectivity index (χ1n) is 15.6. The Bertz CT molecular complexity index is 811. The van der Waals surface area contributed by atoms with E-state index in [-0.39, 0.29) is 5.25 Å². The number of nitrogens with zero attached hydrogens (tertiary/aromatic N) is 2. The topological polar surface area (TPSA) is 49.9 Å². The van der Waals surface area contributed by atoms with Crippen LogP contribution < -0.4 is 0 Å². The Morgan fingerprint density at radius 2 is 1.50 bits per heavy atom. The van der Waals surface area contributed by atoms with Gasteiger partial charge in [-0.25, -0.2) is 12.7 Å². The van der Waals surface area contributed by atoms with Crippen LogP contribution in [0.4, 0.5) is 0 Å². The van der Waals surface area contributed by atoms with Crippen LogP contribution in [0.1, 0.15) is 104 Å². The SMILES string of the molecule is COC[C@@H]1[C@@H](C2CCC(C3CCCC(C)C3)CC2)C2CN(S(=O)(=O)C3CCCCC3C)CCCCN21. The average Bonchev–Trinajstić information content (AvgIpc) is 2.85. The molecule has 208 valence electrons. The van der Waals surface area contributed by atoms with Crippen molar-refractivity contribution in [3.63, 3.8) is 0 Å². The molecule has 0 radical (unpaired) electrons. The van der Waals surface area contributed by atoms with Crippen LogP contribution in [0.2, 0.25) is 0 Å². The summed E-state index contributed by atoms with van der Waals surface area (Å²) in [6, 6.07) is 0.864. The lowest BCUT2D eigenvalue weighted by Gasteiger charge is -2.60. The van der Waals surface area contributed by atoms with Gasteiger partial charge in [-0.1, -0.05) is 46.0 Å². The smallest absolute Gasteiger partial charge is 0.217 e. The minimum atomic E-state index is -3.23. The van der Waals surface area contributed by atoms with Gasteiger partial charge in [-0.05, 0) is 99.8 Å². The number of methoxy groups -OCH3 is 1. The zero-order valence-corrected chi connectivity index (χ0v) is 24.3. The third-order valence-electron chi connectivity index (χ3n) is 11.3. The molecule has 5 rings (SSSR count). The molecule has 5 aliphatic rings. The van der Waals surface area contributed by atoms with Crippen molar-refractivity contribution in [3.8, 4) is 0 Å². The summed E-state index contributed by atoms with van der Waals surface area (Å²) in [5.41, 5.74) is 0. The van der Waals surface area contributed by atoms with Crippen molar-refractivity contribution in [1.29, 1.82) is 0 Å². The van der Waals surface area contributed by atoms with Crippen LogP contribution in [0, 0.1) is 35.5 Å². The highest BCUT2D eigenvalue weighted by Gasteiger charge is 2.53. The summed E-state index contributed by atoms with van der Waals surface area (Å²) in [7, 11) is -1.39. The molecule has 2 aliphatic heterocycles. The standard InChI is InChI=1S/C30H54N2O3S/c1-22-9-8-11-26(19-22)24-13-15-25(16-14-24)30-27-20-31(17-6-7-18-32(27)28(30)21-35-3)36(33,34)29-12-5-4-10-23(29)2/h22-30H,4-21H2,1-3H3/t22?,23?,24?,25?,26?,27?,28-,29?,30+/m1/s1. The van der Waals surface area contributed by atoms with Gasteiger partial charge in [0.05, 0.1) is 11.9 Å². The van der Waals surface area contributed by atoms with E-state index < -0.39 is 10.0 Å². The van der Waals surface area contributed by atoms with E-state index in [1.165, 1.54) is 57.8 Å². The fourth-order valence-corrected chi connectivity index (χ4v) is 11.7. The molecule has 6 heteroatoms. The molecule has 0 spiro atoms. The predicted octanol–water partition coefficient (Wildman–Crippen LogP) is 5.94. The summed E-state index contributed by atoms with van der Waals surface area (Å²) < 4.78 is 35.5. The number of hydrogen-bond acceptors (Lipinski definition) is 4. The van der Waals surface area contributed by atoms with E-state index in [0.717, 1.165) is 82.0 Å². The maximum absolute atomic E-state index is 13.9. The monoisotopic (exact) mass is 522 g/mol. The van der Waals surface area contributed by atoms with E-state index in [4.69, 9.17) is 4.74 Å². The summed E-state index contributed by atoms with van der Waals surface area (Å²) in [5.74, 6) is 4.44. The second kappa shape index (κ2) is 11.9. The molecule has 5 unspecified atom stereocenters. The minimum Gasteiger partial charge on any atom is -0.383 e. The molecule has 3 aliphatic carbocycles. The van der Waals surface area contributed by atoms with Crippen LogP contribution in [0.5, 0.6) is 0 Å². The lowest BCUT2D eigenvalue weighted by molar-refractivity contribution is -0.128. The predicted molar refractivity (Wildman–Crippen MR) is 147 cm³/mol. The summed E-state index contributed by atoms with van der Waals surface area (Å²) in [4.78, 5) is 2.65. The molecule has 7 atom stereocenters. The average molecular weight is 523 g/mol. The van der Waals surface area contributed by atoms with E-state index in [2.05, 4.69) is 18.7 Å². The zero-order chi connectivity index (χ0) is 25.3. The third-order valence-corrected chi connectivity index (χ3v) is 13.8. The van der Waals surface area contributed by atoms with Crippen LogP contribution in [0.15, 0.2) is 0 Å². The van der Waals surface area contributed by atoms with Crippen LogP contribution in [0.25, 0.3) is 0 Å². The van der Waals surface area contributed by atoms with E-state index >= 15 is 0 Å². The second-order valence-electron chi connectivity index (χ2n) is 13.5. The lowest BCUT2D eigenvalue weighted by atomic mass is 9.62. The maximum atomic E-state index is 13.9. The van der Waals surface area contributed by atoms with E-state index in [1.807, 2.05) is 11.4 Å².